The molecular weight excluding hydrogens is 398 g/mol. The molecule has 0 saturated heterocycles. The van der Waals surface area contributed by atoms with Gasteiger partial charge in [-0.15, -0.1) is 6.58 Å². The predicted molar refractivity (Wildman–Crippen MR) is 120 cm³/mol. The van der Waals surface area contributed by atoms with Crippen molar-refractivity contribution in [3.63, 3.8) is 0 Å². The minimum atomic E-state index is -3.42. The molecule has 3 rings (SSSR count). The minimum Gasteiger partial charge on any atom is -0.322 e. The summed E-state index contributed by atoms with van der Waals surface area (Å²) in [7, 11) is -3.42. The first-order chi connectivity index (χ1) is 14.3. The third-order valence-electron chi connectivity index (χ3n) is 4.71. The molecule has 1 amide bonds. The summed E-state index contributed by atoms with van der Waals surface area (Å²) in [6, 6.07) is 18.5. The Kier molecular flexibility index (Phi) is 6.54. The van der Waals surface area contributed by atoms with E-state index in [0.717, 1.165) is 17.1 Å². The van der Waals surface area contributed by atoms with Crippen molar-refractivity contribution < 1.29 is 13.2 Å². The van der Waals surface area contributed by atoms with Gasteiger partial charge in [-0.2, -0.15) is 0 Å². The quantitative estimate of drug-likeness (QED) is 0.539. The van der Waals surface area contributed by atoms with E-state index in [-0.39, 0.29) is 18.2 Å². The Morgan fingerprint density at radius 1 is 1.07 bits per heavy atom. The van der Waals surface area contributed by atoms with Gasteiger partial charge >= 0.3 is 0 Å². The molecule has 2 aromatic carbocycles. The van der Waals surface area contributed by atoms with Crippen LogP contribution in [0.3, 0.4) is 0 Å². The van der Waals surface area contributed by atoms with Crippen LogP contribution in [0.5, 0.6) is 0 Å². The second-order valence-electron chi connectivity index (χ2n) is 7.00. The molecule has 0 saturated carbocycles. The van der Waals surface area contributed by atoms with Gasteiger partial charge in [0.1, 0.15) is 0 Å². The molecule has 0 aliphatic rings. The number of nitrogens with one attached hydrogen (secondary N) is 2. The van der Waals surface area contributed by atoms with E-state index in [4.69, 9.17) is 0 Å². The Morgan fingerprint density at radius 2 is 1.73 bits per heavy atom. The molecule has 0 unspecified atom stereocenters. The zero-order valence-electron chi connectivity index (χ0n) is 17.1. The van der Waals surface area contributed by atoms with Crippen LogP contribution in [0.1, 0.15) is 27.3 Å². The van der Waals surface area contributed by atoms with Crippen molar-refractivity contribution in [3.05, 3.63) is 95.8 Å². The SMILES string of the molecule is C=CCNS(=O)(=O)Cc1ccc(NC(=O)c2cc(C)n(-c3ccccc3)c2C)cc1. The number of carbonyl (C=O) groups is 1. The second-order valence-corrected chi connectivity index (χ2v) is 8.81. The normalized spacial score (nSPS) is 11.3. The van der Waals surface area contributed by atoms with Crippen LogP contribution < -0.4 is 10.0 Å². The van der Waals surface area contributed by atoms with E-state index in [1.807, 2.05) is 54.8 Å². The number of anilines is 1. The Balaban J connectivity index is 1.73. The lowest BCUT2D eigenvalue weighted by molar-refractivity contribution is 0.102. The molecule has 1 heterocycles. The summed E-state index contributed by atoms with van der Waals surface area (Å²) in [5, 5.41) is 2.88. The number of nitrogens with zero attached hydrogens (tertiary/aromatic N) is 1. The maximum Gasteiger partial charge on any atom is 0.257 e. The standard InChI is InChI=1S/C23H25N3O3S/c1-4-14-24-30(28,29)16-19-10-12-20(13-11-19)25-23(27)22-15-17(2)26(18(22)3)21-8-6-5-7-9-21/h4-13,15,24H,1,14,16H2,2-3H3,(H,25,27). The molecule has 0 radical (unpaired) electrons. The van der Waals surface area contributed by atoms with E-state index >= 15 is 0 Å². The van der Waals surface area contributed by atoms with E-state index in [9.17, 15) is 13.2 Å². The Bertz CT molecular complexity index is 1150. The molecule has 0 spiro atoms. The number of para-hydroxylation sites is 1. The van der Waals surface area contributed by atoms with Crippen molar-refractivity contribution in [1.29, 1.82) is 0 Å². The number of aromatic nitrogens is 1. The highest BCUT2D eigenvalue weighted by molar-refractivity contribution is 7.88. The van der Waals surface area contributed by atoms with Crippen LogP contribution in [0, 0.1) is 13.8 Å². The fraction of sp³-hybridized carbons (Fsp3) is 0.174. The summed E-state index contributed by atoms with van der Waals surface area (Å²) in [6.45, 7) is 7.57. The van der Waals surface area contributed by atoms with Crippen LogP contribution in [-0.2, 0) is 15.8 Å². The molecule has 3 aromatic rings. The number of amides is 1. The average molecular weight is 424 g/mol. The molecule has 1 aromatic heterocycles. The van der Waals surface area contributed by atoms with E-state index in [1.165, 1.54) is 6.08 Å². The first kappa shape index (κ1) is 21.5. The molecule has 6 nitrogen and oxygen atoms in total. The molecular formula is C23H25N3O3S. The lowest BCUT2D eigenvalue weighted by Crippen LogP contribution is -2.25. The van der Waals surface area contributed by atoms with Gasteiger partial charge in [0.25, 0.3) is 5.91 Å². The number of carbonyl (C=O) groups excluding carboxylic acids is 1. The topological polar surface area (TPSA) is 80.2 Å². The third-order valence-corrected chi connectivity index (χ3v) is 6.03. The summed E-state index contributed by atoms with van der Waals surface area (Å²) in [4.78, 5) is 12.8. The molecule has 0 aliphatic carbocycles. The van der Waals surface area contributed by atoms with Gasteiger partial charge in [-0.25, -0.2) is 13.1 Å². The second kappa shape index (κ2) is 9.11. The maximum atomic E-state index is 12.8. The Hall–Kier alpha value is -3.16. The summed E-state index contributed by atoms with van der Waals surface area (Å²) in [5.41, 5.74) is 4.65. The van der Waals surface area contributed by atoms with Gasteiger partial charge in [-0.1, -0.05) is 36.4 Å². The smallest absolute Gasteiger partial charge is 0.257 e. The number of sulfonamides is 1. The van der Waals surface area contributed by atoms with Gasteiger partial charge in [0.15, 0.2) is 0 Å². The van der Waals surface area contributed by atoms with Gasteiger partial charge in [0.2, 0.25) is 10.0 Å². The van der Waals surface area contributed by atoms with Gasteiger partial charge in [-0.05, 0) is 49.7 Å². The van der Waals surface area contributed by atoms with Crippen LogP contribution in [0.4, 0.5) is 5.69 Å². The zero-order chi connectivity index (χ0) is 21.7. The van der Waals surface area contributed by atoms with Gasteiger partial charge in [0.05, 0.1) is 11.3 Å². The third kappa shape index (κ3) is 5.06. The lowest BCUT2D eigenvalue weighted by Gasteiger charge is -2.10. The molecule has 7 heteroatoms. The number of benzene rings is 2. The summed E-state index contributed by atoms with van der Waals surface area (Å²) in [6.07, 6.45) is 1.49. The Morgan fingerprint density at radius 3 is 2.37 bits per heavy atom. The van der Waals surface area contributed by atoms with Crippen LogP contribution in [0.15, 0.2) is 73.3 Å². The molecule has 0 fully saturated rings. The van der Waals surface area contributed by atoms with Gasteiger partial charge in [-0.3, -0.25) is 4.79 Å². The summed E-state index contributed by atoms with van der Waals surface area (Å²) in [5.74, 6) is -0.342. The largest absolute Gasteiger partial charge is 0.322 e. The van der Waals surface area contributed by atoms with Crippen LogP contribution in [0.2, 0.25) is 0 Å². The monoisotopic (exact) mass is 423 g/mol. The highest BCUT2D eigenvalue weighted by Crippen LogP contribution is 2.22. The van der Waals surface area contributed by atoms with E-state index < -0.39 is 10.0 Å². The van der Waals surface area contributed by atoms with Crippen LogP contribution in [-0.4, -0.2) is 25.4 Å². The molecule has 156 valence electrons. The van der Waals surface area contributed by atoms with E-state index in [2.05, 4.69) is 16.6 Å². The van der Waals surface area contributed by atoms with E-state index in [1.54, 1.807) is 24.3 Å². The lowest BCUT2D eigenvalue weighted by atomic mass is 10.2. The molecule has 0 atom stereocenters. The predicted octanol–water partition coefficient (Wildman–Crippen LogP) is 3.95. The van der Waals surface area contributed by atoms with Gasteiger partial charge < -0.3 is 9.88 Å². The molecule has 2 N–H and O–H groups in total. The number of hydrogen-bond donors (Lipinski definition) is 2. The summed E-state index contributed by atoms with van der Waals surface area (Å²) < 4.78 is 28.4. The number of aryl methyl sites for hydroxylation is 1. The maximum absolute atomic E-state index is 12.8. The molecule has 0 bridgehead atoms. The van der Waals surface area contributed by atoms with Crippen molar-refractivity contribution in [3.8, 4) is 5.69 Å². The minimum absolute atomic E-state index is 0.132. The highest BCUT2D eigenvalue weighted by Gasteiger charge is 2.17. The zero-order valence-corrected chi connectivity index (χ0v) is 17.9. The van der Waals surface area contributed by atoms with Crippen molar-refractivity contribution in [2.45, 2.75) is 19.6 Å². The van der Waals surface area contributed by atoms with Crippen LogP contribution >= 0.6 is 0 Å². The van der Waals surface area contributed by atoms with Crippen molar-refractivity contribution in [1.82, 2.24) is 9.29 Å². The number of hydrogen-bond acceptors (Lipinski definition) is 3. The van der Waals surface area contributed by atoms with Crippen molar-refractivity contribution in [2.24, 2.45) is 0 Å². The number of rotatable bonds is 8. The van der Waals surface area contributed by atoms with Crippen LogP contribution in [0.25, 0.3) is 5.69 Å². The van der Waals surface area contributed by atoms with Gasteiger partial charge in [0, 0.05) is 29.3 Å². The first-order valence-corrected chi connectivity index (χ1v) is 11.2. The fourth-order valence-electron chi connectivity index (χ4n) is 3.31. The Labute approximate surface area is 177 Å². The molecule has 30 heavy (non-hydrogen) atoms. The van der Waals surface area contributed by atoms with Crippen molar-refractivity contribution in [2.75, 3.05) is 11.9 Å². The van der Waals surface area contributed by atoms with E-state index in [0.29, 0.717) is 16.8 Å². The highest BCUT2D eigenvalue weighted by atomic mass is 32.2. The first-order valence-electron chi connectivity index (χ1n) is 9.53. The van der Waals surface area contributed by atoms with Crippen molar-refractivity contribution >= 4 is 21.6 Å². The summed E-state index contributed by atoms with van der Waals surface area (Å²) >= 11 is 0. The fourth-order valence-corrected chi connectivity index (χ4v) is 4.41. The average Bonchev–Trinajstić information content (AvgIpc) is 3.02. The molecule has 0 aliphatic heterocycles.